The van der Waals surface area contributed by atoms with Crippen LogP contribution in [0.5, 0.6) is 0 Å². The number of carbonyl (C=O) groups excluding carboxylic acids is 3. The maximum atomic E-state index is 13.4. The van der Waals surface area contributed by atoms with Crippen molar-refractivity contribution in [2.75, 3.05) is 16.4 Å². The molecule has 0 spiro atoms. The molecule has 0 saturated carbocycles. The first-order chi connectivity index (χ1) is 22.4. The van der Waals surface area contributed by atoms with Gasteiger partial charge in [0.1, 0.15) is 5.70 Å². The van der Waals surface area contributed by atoms with Crippen LogP contribution in [0.2, 0.25) is 5.02 Å². The minimum absolute atomic E-state index is 0.0927. The normalized spacial score (nSPS) is 11.3. The number of thioether (sulfide) groups is 1. The SMILES string of the molecule is O=C(CSc1ccc(NC(=O)/C(=C\c2c[nH]c3ccccc23)NC(=O)c2ccccc2)cc1)Nc1nc(-c2ccc(Cl)cc2)cs1. The molecule has 6 aromatic rings. The molecule has 6 rings (SSSR count). The second-order valence-electron chi connectivity index (χ2n) is 10.0. The first-order valence-electron chi connectivity index (χ1n) is 14.1. The predicted octanol–water partition coefficient (Wildman–Crippen LogP) is 8.09. The Morgan fingerprint density at radius 2 is 1.61 bits per heavy atom. The molecule has 228 valence electrons. The summed E-state index contributed by atoms with van der Waals surface area (Å²) in [6.45, 7) is 0. The number of aromatic amines is 1. The number of aromatic nitrogens is 2. The average Bonchev–Trinajstić information content (AvgIpc) is 3.72. The molecule has 4 N–H and O–H groups in total. The Morgan fingerprint density at radius 1 is 0.870 bits per heavy atom. The van der Waals surface area contributed by atoms with Crippen molar-refractivity contribution in [1.29, 1.82) is 0 Å². The van der Waals surface area contributed by atoms with Crippen LogP contribution >= 0.6 is 34.7 Å². The van der Waals surface area contributed by atoms with Crippen LogP contribution in [-0.2, 0) is 9.59 Å². The van der Waals surface area contributed by atoms with Crippen LogP contribution in [0.15, 0.2) is 125 Å². The van der Waals surface area contributed by atoms with E-state index in [1.165, 1.54) is 23.1 Å². The zero-order valence-electron chi connectivity index (χ0n) is 24.1. The standard InChI is InChI=1S/C35H26ClN5O3S2/c36-25-12-10-22(11-13-25)31-20-46-35(40-31)41-32(42)21-45-27-16-14-26(15-17-27)38-34(44)30(39-33(43)23-6-2-1-3-7-23)18-24-19-37-29-9-5-4-8-28(24)29/h1-20,37H,21H2,(H,38,44)(H,39,43)(H,40,41,42)/b30-18+. The minimum atomic E-state index is -0.476. The summed E-state index contributed by atoms with van der Waals surface area (Å²) in [4.78, 5) is 47.5. The number of amides is 3. The van der Waals surface area contributed by atoms with Crippen molar-refractivity contribution in [3.05, 3.63) is 137 Å². The van der Waals surface area contributed by atoms with Crippen molar-refractivity contribution in [2.24, 2.45) is 0 Å². The van der Waals surface area contributed by atoms with Crippen molar-refractivity contribution in [3.63, 3.8) is 0 Å². The largest absolute Gasteiger partial charge is 0.361 e. The number of hydrogen-bond acceptors (Lipinski definition) is 6. The van der Waals surface area contributed by atoms with Gasteiger partial charge in [0, 0.05) is 54.8 Å². The topological polar surface area (TPSA) is 116 Å². The summed E-state index contributed by atoms with van der Waals surface area (Å²) in [7, 11) is 0. The maximum Gasteiger partial charge on any atom is 0.272 e. The van der Waals surface area contributed by atoms with Crippen LogP contribution in [0.4, 0.5) is 10.8 Å². The third-order valence-electron chi connectivity index (χ3n) is 6.82. The van der Waals surface area contributed by atoms with Crippen LogP contribution in [0.25, 0.3) is 28.2 Å². The molecule has 8 nitrogen and oxygen atoms in total. The predicted molar refractivity (Wildman–Crippen MR) is 187 cm³/mol. The first-order valence-corrected chi connectivity index (χ1v) is 16.4. The van der Waals surface area contributed by atoms with Gasteiger partial charge in [-0.3, -0.25) is 14.4 Å². The Kier molecular flexibility index (Phi) is 9.59. The highest BCUT2D eigenvalue weighted by atomic mass is 35.5. The highest BCUT2D eigenvalue weighted by Gasteiger charge is 2.16. The molecule has 3 amide bonds. The van der Waals surface area contributed by atoms with Crippen molar-refractivity contribution in [1.82, 2.24) is 15.3 Å². The summed E-state index contributed by atoms with van der Waals surface area (Å²) in [6.07, 6.45) is 3.45. The second-order valence-corrected chi connectivity index (χ2v) is 12.4. The highest BCUT2D eigenvalue weighted by molar-refractivity contribution is 8.00. The van der Waals surface area contributed by atoms with Crippen molar-refractivity contribution in [3.8, 4) is 11.3 Å². The lowest BCUT2D eigenvalue weighted by Gasteiger charge is -2.12. The fourth-order valence-corrected chi connectivity index (χ4v) is 6.09. The van der Waals surface area contributed by atoms with Gasteiger partial charge >= 0.3 is 0 Å². The number of para-hydroxylation sites is 1. The van der Waals surface area contributed by atoms with E-state index in [4.69, 9.17) is 11.6 Å². The number of thiazole rings is 1. The number of benzene rings is 4. The number of halogens is 1. The third kappa shape index (κ3) is 7.73. The molecule has 0 radical (unpaired) electrons. The first kappa shape index (κ1) is 30.8. The zero-order chi connectivity index (χ0) is 31.9. The minimum Gasteiger partial charge on any atom is -0.361 e. The number of fused-ring (bicyclic) bond motifs is 1. The fourth-order valence-electron chi connectivity index (χ4n) is 4.53. The van der Waals surface area contributed by atoms with Gasteiger partial charge in [0.25, 0.3) is 11.8 Å². The summed E-state index contributed by atoms with van der Waals surface area (Å²) < 4.78 is 0. The number of hydrogen-bond donors (Lipinski definition) is 4. The van der Waals surface area contributed by atoms with Crippen molar-refractivity contribution >= 4 is 80.2 Å². The number of rotatable bonds is 10. The van der Waals surface area contributed by atoms with Crippen molar-refractivity contribution < 1.29 is 14.4 Å². The van der Waals surface area contributed by atoms with Gasteiger partial charge in [0.15, 0.2) is 5.13 Å². The Labute approximate surface area is 277 Å². The number of anilines is 2. The van der Waals surface area contributed by atoms with E-state index in [1.807, 2.05) is 60.0 Å². The second kappa shape index (κ2) is 14.3. The van der Waals surface area contributed by atoms with E-state index in [1.54, 1.807) is 60.8 Å². The Morgan fingerprint density at radius 3 is 2.39 bits per heavy atom. The molecular formula is C35H26ClN5O3S2. The quantitative estimate of drug-likeness (QED) is 0.0874. The van der Waals surface area contributed by atoms with Crippen LogP contribution in [0.1, 0.15) is 15.9 Å². The molecule has 0 bridgehead atoms. The molecular weight excluding hydrogens is 638 g/mol. The van der Waals surface area contributed by atoms with Gasteiger partial charge < -0.3 is 20.9 Å². The lowest BCUT2D eigenvalue weighted by Crippen LogP contribution is -2.30. The van der Waals surface area contributed by atoms with Crippen LogP contribution in [-0.4, -0.2) is 33.4 Å². The number of carbonyl (C=O) groups is 3. The molecule has 4 aromatic carbocycles. The summed E-state index contributed by atoms with van der Waals surface area (Å²) in [6, 6.07) is 30.9. The number of nitrogens with one attached hydrogen (secondary N) is 4. The Hall–Kier alpha value is -5.16. The van der Waals surface area contributed by atoms with E-state index >= 15 is 0 Å². The lowest BCUT2D eigenvalue weighted by atomic mass is 10.1. The summed E-state index contributed by atoms with van der Waals surface area (Å²) >= 11 is 8.68. The zero-order valence-corrected chi connectivity index (χ0v) is 26.5. The summed E-state index contributed by atoms with van der Waals surface area (Å²) in [5.41, 5.74) is 4.42. The number of H-pyrrole nitrogens is 1. The third-order valence-corrected chi connectivity index (χ3v) is 8.84. The smallest absolute Gasteiger partial charge is 0.272 e. The van der Waals surface area contributed by atoms with Gasteiger partial charge in [0.05, 0.1) is 11.4 Å². The molecule has 46 heavy (non-hydrogen) atoms. The van der Waals surface area contributed by atoms with Crippen LogP contribution in [0.3, 0.4) is 0 Å². The van der Waals surface area contributed by atoms with Crippen LogP contribution in [0, 0.1) is 0 Å². The molecule has 0 aliphatic carbocycles. The molecule has 0 unspecified atom stereocenters. The van der Waals surface area contributed by atoms with Crippen LogP contribution < -0.4 is 16.0 Å². The van der Waals surface area contributed by atoms with Gasteiger partial charge in [-0.2, -0.15) is 0 Å². The molecule has 0 saturated heterocycles. The van der Waals surface area contributed by atoms with E-state index in [0.717, 1.165) is 32.6 Å². The van der Waals surface area contributed by atoms with E-state index in [-0.39, 0.29) is 17.4 Å². The molecule has 11 heteroatoms. The van der Waals surface area contributed by atoms with Crippen molar-refractivity contribution in [2.45, 2.75) is 4.90 Å². The fraction of sp³-hybridized carbons (Fsp3) is 0.0286. The van der Waals surface area contributed by atoms with Gasteiger partial charge in [-0.05, 0) is 60.7 Å². The molecule has 0 aliphatic rings. The monoisotopic (exact) mass is 663 g/mol. The summed E-state index contributed by atoms with van der Waals surface area (Å²) in [5.74, 6) is -0.868. The maximum absolute atomic E-state index is 13.4. The van der Waals surface area contributed by atoms with E-state index in [2.05, 4.69) is 25.9 Å². The molecule has 0 atom stereocenters. The molecule has 0 aliphatic heterocycles. The molecule has 2 heterocycles. The molecule has 2 aromatic heterocycles. The number of nitrogens with zero attached hydrogens (tertiary/aromatic N) is 1. The lowest BCUT2D eigenvalue weighted by molar-refractivity contribution is -0.114. The Balaban J connectivity index is 1.08. The van der Waals surface area contributed by atoms with Gasteiger partial charge in [-0.15, -0.1) is 23.1 Å². The van der Waals surface area contributed by atoms with E-state index in [0.29, 0.717) is 21.4 Å². The van der Waals surface area contributed by atoms with E-state index < -0.39 is 11.8 Å². The summed E-state index contributed by atoms with van der Waals surface area (Å²) in [5, 5.41) is 12.5. The highest BCUT2D eigenvalue weighted by Crippen LogP contribution is 2.27. The Bertz CT molecular complexity index is 2040. The van der Waals surface area contributed by atoms with Gasteiger partial charge in [0.2, 0.25) is 5.91 Å². The van der Waals surface area contributed by atoms with E-state index in [9.17, 15) is 14.4 Å². The average molecular weight is 664 g/mol. The van der Waals surface area contributed by atoms with Gasteiger partial charge in [-0.1, -0.05) is 60.1 Å². The molecule has 0 fully saturated rings. The van der Waals surface area contributed by atoms with Gasteiger partial charge in [-0.25, -0.2) is 4.98 Å².